The number of pyridine rings is 1. The van der Waals surface area contributed by atoms with E-state index >= 15 is 0 Å². The van der Waals surface area contributed by atoms with E-state index in [1.165, 1.54) is 30.6 Å². The quantitative estimate of drug-likeness (QED) is 0.0730. The molecular formula is C20H20N6O10S3. The molecule has 4 rings (SSSR count). The first-order chi connectivity index (χ1) is 18.2. The maximum Gasteiger partial charge on any atom is 0.418 e. The summed E-state index contributed by atoms with van der Waals surface area (Å²) in [6.07, 6.45) is -0.465. The van der Waals surface area contributed by atoms with Gasteiger partial charge in [0.15, 0.2) is 16.6 Å². The molecule has 2 unspecified atom stereocenters. The molecule has 1 aliphatic heterocycles. The fraction of sp³-hybridized carbons (Fsp3) is 0.250. The Morgan fingerprint density at radius 3 is 2.62 bits per heavy atom. The second-order valence-electron chi connectivity index (χ2n) is 8.50. The van der Waals surface area contributed by atoms with Gasteiger partial charge in [-0.25, -0.2) is 4.98 Å². The van der Waals surface area contributed by atoms with Gasteiger partial charge in [0, 0.05) is 11.4 Å². The van der Waals surface area contributed by atoms with Crippen LogP contribution in [0.3, 0.4) is 0 Å². The van der Waals surface area contributed by atoms with Gasteiger partial charge >= 0.3 is 10.4 Å². The standard InChI is InChI=1S/C20H20N6O10S3/c1-20(2)16(18(30)26(20)36-39(32,33)34)23-17(29)14(9-8-38-19(21)22-9)24-35-15(13-4-3-5-37-13)10-6-11(27)12(28)7-25(10)31/h3-8,15-16,28,31H,1-2H3,(H2,21,22)(H,23,29)(H,32,33,34)/b24-14-. The number of hydrogen-bond donors (Lipinski definition) is 5. The number of β-lactam (4-membered cyclic amide) rings is 1. The Hall–Kier alpha value is -4.04. The van der Waals surface area contributed by atoms with Crippen molar-refractivity contribution in [2.75, 3.05) is 5.73 Å². The molecule has 4 heterocycles. The Labute approximate surface area is 227 Å². The highest BCUT2D eigenvalue weighted by Crippen LogP contribution is 2.33. The topological polar surface area (TPSA) is 236 Å². The summed E-state index contributed by atoms with van der Waals surface area (Å²) in [6, 6.07) is 2.90. The number of hydrogen-bond acceptors (Lipinski definition) is 14. The molecule has 3 aromatic heterocycles. The van der Waals surface area contributed by atoms with Crippen LogP contribution >= 0.6 is 22.7 Å². The molecule has 3 aromatic rings. The smallest absolute Gasteiger partial charge is 0.418 e. The minimum atomic E-state index is -5.01. The van der Waals surface area contributed by atoms with Crippen molar-refractivity contribution in [3.8, 4) is 5.75 Å². The van der Waals surface area contributed by atoms with Gasteiger partial charge in [-0.2, -0.15) is 18.2 Å². The third-order valence-corrected chi connectivity index (χ3v) is 7.39. The summed E-state index contributed by atoms with van der Waals surface area (Å²) in [5.41, 5.74) is 2.86. The zero-order chi connectivity index (χ0) is 28.7. The lowest BCUT2D eigenvalue weighted by Gasteiger charge is -2.50. The Bertz CT molecular complexity index is 1610. The molecule has 0 aromatic carbocycles. The van der Waals surface area contributed by atoms with Crippen molar-refractivity contribution in [2.24, 2.45) is 5.16 Å². The highest BCUT2D eigenvalue weighted by atomic mass is 32.3. The minimum Gasteiger partial charge on any atom is -0.503 e. The number of carbonyl (C=O) groups excluding carboxylic acids is 2. The zero-order valence-electron chi connectivity index (χ0n) is 19.9. The van der Waals surface area contributed by atoms with Crippen molar-refractivity contribution >= 4 is 55.7 Å². The molecule has 1 fully saturated rings. The summed E-state index contributed by atoms with van der Waals surface area (Å²) in [4.78, 5) is 47.9. The van der Waals surface area contributed by atoms with E-state index in [0.717, 1.165) is 23.6 Å². The van der Waals surface area contributed by atoms with Crippen molar-refractivity contribution < 1.29 is 42.0 Å². The van der Waals surface area contributed by atoms with E-state index in [2.05, 4.69) is 19.7 Å². The maximum atomic E-state index is 13.3. The number of nitrogens with zero attached hydrogens (tertiary/aromatic N) is 4. The average molecular weight is 601 g/mol. The average Bonchev–Trinajstić information content (AvgIpc) is 3.53. The van der Waals surface area contributed by atoms with Crippen LogP contribution in [0.25, 0.3) is 0 Å². The Kier molecular flexibility index (Phi) is 7.36. The number of anilines is 1. The summed E-state index contributed by atoms with van der Waals surface area (Å²) >= 11 is 2.16. The highest BCUT2D eigenvalue weighted by Gasteiger charge is 2.58. The van der Waals surface area contributed by atoms with Crippen molar-refractivity contribution in [1.82, 2.24) is 20.1 Å². The van der Waals surface area contributed by atoms with Gasteiger partial charge in [0.05, 0.1) is 16.6 Å². The molecule has 1 aliphatic rings. The molecule has 0 aliphatic carbocycles. The molecule has 16 nitrogen and oxygen atoms in total. The van der Waals surface area contributed by atoms with Crippen LogP contribution in [0.4, 0.5) is 5.13 Å². The summed E-state index contributed by atoms with van der Waals surface area (Å²) in [6.45, 7) is 2.74. The summed E-state index contributed by atoms with van der Waals surface area (Å²) in [5.74, 6) is -2.67. The summed E-state index contributed by atoms with van der Waals surface area (Å²) in [7, 11) is -5.01. The van der Waals surface area contributed by atoms with Crippen molar-refractivity contribution in [3.63, 3.8) is 0 Å². The Morgan fingerprint density at radius 2 is 2.05 bits per heavy atom. The van der Waals surface area contributed by atoms with Gasteiger partial charge in [-0.15, -0.1) is 27.0 Å². The number of amides is 2. The van der Waals surface area contributed by atoms with Crippen LogP contribution in [0.2, 0.25) is 0 Å². The number of rotatable bonds is 9. The summed E-state index contributed by atoms with van der Waals surface area (Å²) in [5, 5.41) is 29.8. The van der Waals surface area contributed by atoms with Crippen molar-refractivity contribution in [3.05, 3.63) is 61.6 Å². The number of thiophene rings is 1. The number of nitrogen functional groups attached to an aromatic ring is 1. The molecule has 2 amide bonds. The van der Waals surface area contributed by atoms with E-state index in [4.69, 9.17) is 15.1 Å². The highest BCUT2D eigenvalue weighted by molar-refractivity contribution is 7.80. The second-order valence-corrected chi connectivity index (χ2v) is 11.4. The molecule has 1 saturated heterocycles. The lowest BCUT2D eigenvalue weighted by atomic mass is 9.84. The third-order valence-electron chi connectivity index (χ3n) is 5.46. The number of nitrogens with one attached hydrogen (secondary N) is 1. The predicted molar refractivity (Wildman–Crippen MR) is 135 cm³/mol. The molecule has 0 saturated carbocycles. The van der Waals surface area contributed by atoms with E-state index < -0.39 is 56.8 Å². The van der Waals surface area contributed by atoms with Crippen LogP contribution in [-0.4, -0.2) is 67.2 Å². The van der Waals surface area contributed by atoms with Gasteiger partial charge in [-0.3, -0.25) is 18.9 Å². The zero-order valence-corrected chi connectivity index (χ0v) is 22.4. The first-order valence-electron chi connectivity index (χ1n) is 10.6. The SMILES string of the molecule is CC1(C)C(NC(=O)/C(=N\OC(c2cccs2)c2cc(=O)c(O)cn2O)c2csc(N)n2)C(=O)N1OS(=O)(=O)O. The molecule has 0 spiro atoms. The number of aromatic nitrogens is 2. The first-order valence-corrected chi connectivity index (χ1v) is 13.8. The number of carbonyl (C=O) groups is 2. The van der Waals surface area contributed by atoms with E-state index in [9.17, 15) is 33.1 Å². The molecular weight excluding hydrogens is 580 g/mol. The first kappa shape index (κ1) is 28.0. The molecule has 19 heteroatoms. The number of thiazole rings is 1. The van der Waals surface area contributed by atoms with Crippen LogP contribution in [-0.2, 0) is 29.1 Å². The van der Waals surface area contributed by atoms with Crippen LogP contribution in [0.5, 0.6) is 5.75 Å². The molecule has 208 valence electrons. The largest absolute Gasteiger partial charge is 0.503 e. The summed E-state index contributed by atoms with van der Waals surface area (Å²) < 4.78 is 35.8. The van der Waals surface area contributed by atoms with Gasteiger partial charge in [-0.05, 0) is 25.3 Å². The molecule has 6 N–H and O–H groups in total. The lowest BCUT2D eigenvalue weighted by Crippen LogP contribution is -2.76. The molecule has 0 radical (unpaired) electrons. The molecule has 2 atom stereocenters. The second kappa shape index (κ2) is 10.3. The van der Waals surface area contributed by atoms with E-state index in [1.54, 1.807) is 17.5 Å². The van der Waals surface area contributed by atoms with E-state index in [-0.39, 0.29) is 16.5 Å². The van der Waals surface area contributed by atoms with Gasteiger partial charge in [-0.1, -0.05) is 11.2 Å². The number of oxime groups is 1. The van der Waals surface area contributed by atoms with Gasteiger partial charge in [0.1, 0.15) is 17.4 Å². The fourth-order valence-corrected chi connectivity index (χ4v) is 5.30. The third kappa shape index (κ3) is 5.71. The van der Waals surface area contributed by atoms with Gasteiger partial charge < -0.3 is 26.2 Å². The predicted octanol–water partition coefficient (Wildman–Crippen LogP) is 0.242. The Balaban J connectivity index is 1.67. The van der Waals surface area contributed by atoms with Crippen molar-refractivity contribution in [1.29, 1.82) is 0 Å². The van der Waals surface area contributed by atoms with Crippen LogP contribution in [0.15, 0.2) is 45.1 Å². The fourth-order valence-electron chi connectivity index (χ4n) is 3.54. The van der Waals surface area contributed by atoms with Crippen LogP contribution in [0.1, 0.15) is 36.2 Å². The lowest BCUT2D eigenvalue weighted by molar-refractivity contribution is -0.218. The van der Waals surface area contributed by atoms with Crippen LogP contribution < -0.4 is 16.5 Å². The minimum absolute atomic E-state index is 0.0392. The van der Waals surface area contributed by atoms with E-state index in [1.807, 2.05) is 0 Å². The van der Waals surface area contributed by atoms with Crippen LogP contribution in [0, 0.1) is 0 Å². The monoisotopic (exact) mass is 600 g/mol. The molecule has 0 bridgehead atoms. The Morgan fingerprint density at radius 1 is 1.33 bits per heavy atom. The van der Waals surface area contributed by atoms with Crippen molar-refractivity contribution in [2.45, 2.75) is 31.5 Å². The number of nitrogens with two attached hydrogens (primary N) is 1. The normalized spacial score (nSPS) is 17.9. The number of hydroxylamine groups is 2. The van der Waals surface area contributed by atoms with E-state index in [0.29, 0.717) is 14.7 Å². The molecule has 39 heavy (non-hydrogen) atoms. The van der Waals surface area contributed by atoms with Gasteiger partial charge in [0.2, 0.25) is 11.5 Å². The van der Waals surface area contributed by atoms with Gasteiger partial charge in [0.25, 0.3) is 11.8 Å². The number of aromatic hydroxyl groups is 1. The maximum absolute atomic E-state index is 13.3.